The summed E-state index contributed by atoms with van der Waals surface area (Å²) in [4.78, 5) is 10.6. The van der Waals surface area contributed by atoms with Gasteiger partial charge in [0.25, 0.3) is 10.0 Å². The Kier molecular flexibility index (Phi) is 5.73. The highest BCUT2D eigenvalue weighted by Crippen LogP contribution is 2.20. The highest BCUT2D eigenvalue weighted by atomic mass is 32.2. The van der Waals surface area contributed by atoms with E-state index in [9.17, 15) is 21.6 Å². The fourth-order valence-corrected chi connectivity index (χ4v) is 4.53. The van der Waals surface area contributed by atoms with Crippen LogP contribution >= 0.6 is 0 Å². The van der Waals surface area contributed by atoms with Gasteiger partial charge in [0, 0.05) is 0 Å². The standard InChI is InChI=1S/C18H16N2O7S2/c21-18(22)13-4-1-7-16(10-13)29(25,26)20-14-5-2-8-17(11-14)28(23,24)19-12-15-6-3-9-27-15/h1-11,19-20H,12H2,(H,21,22). The molecule has 0 aliphatic rings. The van der Waals surface area contributed by atoms with Crippen LogP contribution in [0.25, 0.3) is 0 Å². The highest BCUT2D eigenvalue weighted by Gasteiger charge is 2.19. The Bertz CT molecular complexity index is 1230. The molecule has 0 atom stereocenters. The van der Waals surface area contributed by atoms with Crippen molar-refractivity contribution in [2.45, 2.75) is 16.3 Å². The maximum Gasteiger partial charge on any atom is 0.335 e. The molecule has 29 heavy (non-hydrogen) atoms. The molecular weight excluding hydrogens is 420 g/mol. The molecule has 0 saturated carbocycles. The van der Waals surface area contributed by atoms with Crippen LogP contribution in [0.2, 0.25) is 0 Å². The van der Waals surface area contributed by atoms with E-state index in [0.29, 0.717) is 5.76 Å². The molecule has 152 valence electrons. The number of carboxylic acid groups (broad SMARTS) is 1. The Balaban J connectivity index is 1.82. The number of sulfonamides is 2. The van der Waals surface area contributed by atoms with Crippen LogP contribution in [0.3, 0.4) is 0 Å². The first kappa shape index (κ1) is 20.6. The Morgan fingerprint density at radius 2 is 1.59 bits per heavy atom. The minimum Gasteiger partial charge on any atom is -0.478 e. The van der Waals surface area contributed by atoms with E-state index >= 15 is 0 Å². The molecule has 0 spiro atoms. The summed E-state index contributed by atoms with van der Waals surface area (Å²) < 4.78 is 59.6. The van der Waals surface area contributed by atoms with Crippen molar-refractivity contribution in [1.82, 2.24) is 4.72 Å². The van der Waals surface area contributed by atoms with Gasteiger partial charge in [-0.05, 0) is 48.5 Å². The van der Waals surface area contributed by atoms with Crippen molar-refractivity contribution in [1.29, 1.82) is 0 Å². The number of nitrogens with one attached hydrogen (secondary N) is 2. The molecule has 0 aliphatic heterocycles. The third kappa shape index (κ3) is 5.02. The second kappa shape index (κ2) is 8.07. The molecule has 2 aromatic carbocycles. The van der Waals surface area contributed by atoms with E-state index in [0.717, 1.165) is 12.1 Å². The molecule has 0 amide bonds. The lowest BCUT2D eigenvalue weighted by Crippen LogP contribution is -2.23. The van der Waals surface area contributed by atoms with Crippen LogP contribution in [0.4, 0.5) is 5.69 Å². The van der Waals surface area contributed by atoms with Gasteiger partial charge in [-0.3, -0.25) is 4.72 Å². The zero-order valence-electron chi connectivity index (χ0n) is 14.8. The van der Waals surface area contributed by atoms with Crippen molar-refractivity contribution in [3.8, 4) is 0 Å². The van der Waals surface area contributed by atoms with Crippen molar-refractivity contribution in [3.05, 3.63) is 78.3 Å². The molecule has 0 unspecified atom stereocenters. The molecule has 3 rings (SSSR count). The van der Waals surface area contributed by atoms with Gasteiger partial charge in [0.15, 0.2) is 0 Å². The van der Waals surface area contributed by atoms with E-state index in [1.807, 2.05) is 0 Å². The molecule has 9 nitrogen and oxygen atoms in total. The Morgan fingerprint density at radius 3 is 2.24 bits per heavy atom. The van der Waals surface area contributed by atoms with Gasteiger partial charge in [0.2, 0.25) is 10.0 Å². The Hall–Kier alpha value is -3.15. The van der Waals surface area contributed by atoms with Gasteiger partial charge in [0.05, 0.1) is 33.8 Å². The number of furan rings is 1. The minimum atomic E-state index is -4.12. The average Bonchev–Trinajstić information content (AvgIpc) is 3.20. The second-order valence-electron chi connectivity index (χ2n) is 5.87. The molecule has 0 bridgehead atoms. The van der Waals surface area contributed by atoms with Crippen LogP contribution in [0.5, 0.6) is 0 Å². The molecule has 0 aliphatic carbocycles. The van der Waals surface area contributed by atoms with E-state index in [4.69, 9.17) is 9.52 Å². The average molecular weight is 436 g/mol. The number of hydrogen-bond acceptors (Lipinski definition) is 6. The third-order valence-corrected chi connectivity index (χ3v) is 6.58. The second-order valence-corrected chi connectivity index (χ2v) is 9.32. The van der Waals surface area contributed by atoms with Crippen LogP contribution in [-0.4, -0.2) is 27.9 Å². The van der Waals surface area contributed by atoms with Crippen molar-refractivity contribution in [2.75, 3.05) is 4.72 Å². The largest absolute Gasteiger partial charge is 0.478 e. The summed E-state index contributed by atoms with van der Waals surface area (Å²) in [6.45, 7) is -0.0622. The van der Waals surface area contributed by atoms with Crippen molar-refractivity contribution in [2.24, 2.45) is 0 Å². The number of carbonyl (C=O) groups is 1. The summed E-state index contributed by atoms with van der Waals surface area (Å²) in [5.41, 5.74) is -0.182. The number of rotatable bonds is 8. The number of benzene rings is 2. The van der Waals surface area contributed by atoms with Crippen LogP contribution < -0.4 is 9.44 Å². The predicted octanol–water partition coefficient (Wildman–Crippen LogP) is 2.26. The lowest BCUT2D eigenvalue weighted by Gasteiger charge is -2.11. The fourth-order valence-electron chi connectivity index (χ4n) is 2.40. The van der Waals surface area contributed by atoms with Gasteiger partial charge in [0.1, 0.15) is 5.76 Å². The number of anilines is 1. The van der Waals surface area contributed by atoms with E-state index in [1.165, 1.54) is 42.7 Å². The van der Waals surface area contributed by atoms with Gasteiger partial charge >= 0.3 is 5.97 Å². The van der Waals surface area contributed by atoms with E-state index in [-0.39, 0.29) is 27.6 Å². The quantitative estimate of drug-likeness (QED) is 0.491. The maximum absolute atomic E-state index is 12.5. The number of aromatic carboxylic acids is 1. The first-order chi connectivity index (χ1) is 13.7. The molecule has 11 heteroatoms. The van der Waals surface area contributed by atoms with Crippen LogP contribution in [0.15, 0.2) is 81.1 Å². The van der Waals surface area contributed by atoms with Crippen molar-refractivity contribution < 1.29 is 31.2 Å². The number of hydrogen-bond donors (Lipinski definition) is 3. The van der Waals surface area contributed by atoms with Crippen molar-refractivity contribution >= 4 is 31.7 Å². The SMILES string of the molecule is O=C(O)c1cccc(S(=O)(=O)Nc2cccc(S(=O)(=O)NCc3ccco3)c2)c1. The Labute approximate surface area is 167 Å². The fraction of sp³-hybridized carbons (Fsp3) is 0.0556. The summed E-state index contributed by atoms with van der Waals surface area (Å²) in [5.74, 6) is -0.846. The lowest BCUT2D eigenvalue weighted by atomic mass is 10.2. The van der Waals surface area contributed by atoms with E-state index < -0.39 is 26.0 Å². The molecule has 3 aromatic rings. The van der Waals surface area contributed by atoms with Gasteiger partial charge in [-0.1, -0.05) is 12.1 Å². The maximum atomic E-state index is 12.5. The molecule has 1 heterocycles. The van der Waals surface area contributed by atoms with E-state index in [2.05, 4.69) is 9.44 Å². The summed E-state index contributed by atoms with van der Waals surface area (Å²) in [7, 11) is -8.04. The summed E-state index contributed by atoms with van der Waals surface area (Å²) in [5, 5.41) is 9.01. The smallest absolute Gasteiger partial charge is 0.335 e. The van der Waals surface area contributed by atoms with Crippen LogP contribution in [0, 0.1) is 0 Å². The first-order valence-corrected chi connectivity index (χ1v) is 11.1. The van der Waals surface area contributed by atoms with Gasteiger partial charge in [-0.25, -0.2) is 26.4 Å². The van der Waals surface area contributed by atoms with Gasteiger partial charge in [-0.15, -0.1) is 0 Å². The lowest BCUT2D eigenvalue weighted by molar-refractivity contribution is 0.0696. The molecule has 0 saturated heterocycles. The molecular formula is C18H16N2O7S2. The highest BCUT2D eigenvalue weighted by molar-refractivity contribution is 7.92. The van der Waals surface area contributed by atoms with E-state index in [1.54, 1.807) is 12.1 Å². The minimum absolute atomic E-state index is 0.00611. The van der Waals surface area contributed by atoms with Crippen LogP contribution in [-0.2, 0) is 26.6 Å². The normalized spacial score (nSPS) is 11.9. The zero-order chi connectivity index (χ0) is 21.1. The topological polar surface area (TPSA) is 143 Å². The van der Waals surface area contributed by atoms with Crippen molar-refractivity contribution in [3.63, 3.8) is 0 Å². The molecule has 0 fully saturated rings. The van der Waals surface area contributed by atoms with Crippen LogP contribution in [0.1, 0.15) is 16.1 Å². The Morgan fingerprint density at radius 1 is 0.897 bits per heavy atom. The van der Waals surface area contributed by atoms with Gasteiger partial charge < -0.3 is 9.52 Å². The summed E-state index contributed by atoms with van der Waals surface area (Å²) in [6.07, 6.45) is 1.42. The first-order valence-electron chi connectivity index (χ1n) is 8.16. The molecule has 0 radical (unpaired) electrons. The monoisotopic (exact) mass is 436 g/mol. The molecule has 1 aromatic heterocycles. The predicted molar refractivity (Wildman–Crippen MR) is 103 cm³/mol. The summed E-state index contributed by atoms with van der Waals surface area (Å²) in [6, 6.07) is 13.3. The zero-order valence-corrected chi connectivity index (χ0v) is 16.4. The number of carboxylic acids is 1. The summed E-state index contributed by atoms with van der Waals surface area (Å²) >= 11 is 0. The third-order valence-electron chi connectivity index (χ3n) is 3.80. The molecule has 3 N–H and O–H groups in total. The van der Waals surface area contributed by atoms with Gasteiger partial charge in [-0.2, -0.15) is 0 Å².